The number of amides is 1. The van der Waals surface area contributed by atoms with Crippen LogP contribution in [0, 0.1) is 5.41 Å². The van der Waals surface area contributed by atoms with Gasteiger partial charge in [0.25, 0.3) is 0 Å². The van der Waals surface area contributed by atoms with Gasteiger partial charge in [0.2, 0.25) is 5.91 Å². The van der Waals surface area contributed by atoms with Crippen LogP contribution < -0.4 is 5.32 Å². The van der Waals surface area contributed by atoms with Gasteiger partial charge in [0.05, 0.1) is 6.61 Å². The lowest BCUT2D eigenvalue weighted by atomic mass is 9.83. The van der Waals surface area contributed by atoms with E-state index < -0.39 is 0 Å². The summed E-state index contributed by atoms with van der Waals surface area (Å²) in [7, 11) is 0. The molecule has 0 saturated carbocycles. The molecule has 0 spiro atoms. The molecule has 1 aliphatic rings. The maximum Gasteiger partial charge on any atom is 0.224 e. The van der Waals surface area contributed by atoms with E-state index in [-0.39, 0.29) is 17.9 Å². The highest BCUT2D eigenvalue weighted by Crippen LogP contribution is 2.25. The van der Waals surface area contributed by atoms with Crippen molar-refractivity contribution in [1.82, 2.24) is 5.32 Å². The summed E-state index contributed by atoms with van der Waals surface area (Å²) in [6.45, 7) is 4.86. The average Bonchev–Trinajstić information content (AvgIpc) is 2.42. The number of nitrogens with one attached hydrogen (secondary N) is 1. The van der Waals surface area contributed by atoms with Crippen LogP contribution in [0.15, 0.2) is 11.6 Å². The van der Waals surface area contributed by atoms with Gasteiger partial charge in [-0.1, -0.05) is 25.5 Å². The lowest BCUT2D eigenvalue weighted by Gasteiger charge is -2.29. The van der Waals surface area contributed by atoms with E-state index in [4.69, 9.17) is 0 Å². The van der Waals surface area contributed by atoms with Gasteiger partial charge in [-0.25, -0.2) is 0 Å². The van der Waals surface area contributed by atoms with E-state index >= 15 is 0 Å². The zero-order chi connectivity index (χ0) is 13.4. The normalized spacial score (nSPS) is 16.3. The molecule has 1 rings (SSSR count). The quantitative estimate of drug-likeness (QED) is 0.685. The van der Waals surface area contributed by atoms with Gasteiger partial charge in [0.15, 0.2) is 0 Å². The smallest absolute Gasteiger partial charge is 0.224 e. The van der Waals surface area contributed by atoms with Crippen molar-refractivity contribution in [3.05, 3.63) is 11.6 Å². The fourth-order valence-electron chi connectivity index (χ4n) is 2.40. The molecule has 0 bridgehead atoms. The number of aliphatic hydroxyl groups excluding tert-OH is 1. The number of carbonyl (C=O) groups excluding carboxylic acids is 1. The largest absolute Gasteiger partial charge is 0.396 e. The van der Waals surface area contributed by atoms with Crippen molar-refractivity contribution in [3.8, 4) is 0 Å². The number of hydrogen-bond acceptors (Lipinski definition) is 2. The van der Waals surface area contributed by atoms with Gasteiger partial charge < -0.3 is 10.4 Å². The molecule has 18 heavy (non-hydrogen) atoms. The van der Waals surface area contributed by atoms with E-state index in [1.165, 1.54) is 18.4 Å². The van der Waals surface area contributed by atoms with Crippen LogP contribution in [0.3, 0.4) is 0 Å². The molecule has 0 aromatic rings. The molecule has 0 unspecified atom stereocenters. The van der Waals surface area contributed by atoms with Crippen LogP contribution in [0.2, 0.25) is 0 Å². The molecule has 0 aliphatic heterocycles. The first-order valence-electron chi connectivity index (χ1n) is 7.21. The Bertz CT molecular complexity index is 285. The first-order chi connectivity index (χ1) is 8.65. The molecule has 0 heterocycles. The molecule has 0 aromatic carbocycles. The first-order valence-corrected chi connectivity index (χ1v) is 7.21. The molecule has 0 fully saturated rings. The van der Waals surface area contributed by atoms with Crippen LogP contribution in [-0.2, 0) is 4.79 Å². The van der Waals surface area contributed by atoms with Crippen molar-refractivity contribution in [3.63, 3.8) is 0 Å². The summed E-state index contributed by atoms with van der Waals surface area (Å²) in [6, 6.07) is 0. The summed E-state index contributed by atoms with van der Waals surface area (Å²) in [5.74, 6) is 0.0999. The lowest BCUT2D eigenvalue weighted by molar-refractivity contribution is -0.121. The molecule has 0 saturated heterocycles. The number of rotatable bonds is 7. The van der Waals surface area contributed by atoms with Crippen molar-refractivity contribution >= 4 is 5.91 Å². The summed E-state index contributed by atoms with van der Waals surface area (Å²) >= 11 is 0. The fourth-order valence-corrected chi connectivity index (χ4v) is 2.40. The van der Waals surface area contributed by atoms with Crippen molar-refractivity contribution in [2.75, 3.05) is 13.2 Å². The number of hydrogen-bond donors (Lipinski definition) is 2. The molecule has 3 heteroatoms. The van der Waals surface area contributed by atoms with Gasteiger partial charge in [-0.05, 0) is 38.5 Å². The zero-order valence-corrected chi connectivity index (χ0v) is 11.8. The Kier molecular flexibility index (Phi) is 6.41. The molecule has 0 radical (unpaired) electrons. The van der Waals surface area contributed by atoms with E-state index in [9.17, 15) is 9.90 Å². The molecule has 104 valence electrons. The predicted molar refractivity (Wildman–Crippen MR) is 74.3 cm³/mol. The van der Waals surface area contributed by atoms with Gasteiger partial charge in [-0.2, -0.15) is 0 Å². The topological polar surface area (TPSA) is 49.3 Å². The average molecular weight is 253 g/mol. The Balaban J connectivity index is 2.38. The molecule has 0 atom stereocenters. The third-order valence-electron chi connectivity index (χ3n) is 4.27. The lowest BCUT2D eigenvalue weighted by Crippen LogP contribution is -2.39. The molecule has 1 aliphatic carbocycles. The highest BCUT2D eigenvalue weighted by molar-refractivity contribution is 5.78. The summed E-state index contributed by atoms with van der Waals surface area (Å²) in [4.78, 5) is 11.9. The van der Waals surface area contributed by atoms with Gasteiger partial charge in [-0.15, -0.1) is 0 Å². The predicted octanol–water partition coefficient (Wildman–Crippen LogP) is 2.79. The van der Waals surface area contributed by atoms with Crippen LogP contribution >= 0.6 is 0 Å². The highest BCUT2D eigenvalue weighted by atomic mass is 16.3. The second kappa shape index (κ2) is 7.57. The summed E-state index contributed by atoms with van der Waals surface area (Å²) in [5, 5.41) is 12.4. The third-order valence-corrected chi connectivity index (χ3v) is 4.27. The standard InChI is InChI=1S/C15H27NO2/c1-3-15(4-2,12-17)11-16-14(18)10-13-8-6-5-7-9-13/h8,17H,3-7,9-12H2,1-2H3,(H,16,18). The summed E-state index contributed by atoms with van der Waals surface area (Å²) in [5.41, 5.74) is 1.14. The van der Waals surface area contributed by atoms with E-state index in [0.717, 1.165) is 25.7 Å². The van der Waals surface area contributed by atoms with Gasteiger partial charge in [0.1, 0.15) is 0 Å². The van der Waals surface area contributed by atoms with Crippen LogP contribution in [-0.4, -0.2) is 24.2 Å². The van der Waals surface area contributed by atoms with E-state index in [0.29, 0.717) is 13.0 Å². The Morgan fingerprint density at radius 3 is 2.61 bits per heavy atom. The van der Waals surface area contributed by atoms with Crippen LogP contribution in [0.4, 0.5) is 0 Å². The maximum atomic E-state index is 11.9. The maximum absolute atomic E-state index is 11.9. The van der Waals surface area contributed by atoms with Crippen molar-refractivity contribution < 1.29 is 9.90 Å². The molecule has 1 amide bonds. The summed E-state index contributed by atoms with van der Waals surface area (Å²) in [6.07, 6.45) is 9.18. The Morgan fingerprint density at radius 2 is 2.11 bits per heavy atom. The second-order valence-corrected chi connectivity index (χ2v) is 5.43. The monoisotopic (exact) mass is 253 g/mol. The Hall–Kier alpha value is -0.830. The van der Waals surface area contributed by atoms with E-state index in [2.05, 4.69) is 25.2 Å². The Morgan fingerprint density at radius 1 is 1.39 bits per heavy atom. The van der Waals surface area contributed by atoms with Gasteiger partial charge in [-0.3, -0.25) is 4.79 Å². The first kappa shape index (κ1) is 15.2. The minimum Gasteiger partial charge on any atom is -0.396 e. The van der Waals surface area contributed by atoms with E-state index in [1.807, 2.05) is 0 Å². The SMILES string of the molecule is CCC(CC)(CO)CNC(=O)CC1=CCCCC1. The molecule has 0 aromatic heterocycles. The Labute approximate surface area is 111 Å². The van der Waals surface area contributed by atoms with Gasteiger partial charge in [0, 0.05) is 18.4 Å². The van der Waals surface area contributed by atoms with Gasteiger partial charge >= 0.3 is 0 Å². The number of carbonyl (C=O) groups is 1. The van der Waals surface area contributed by atoms with Crippen LogP contribution in [0.5, 0.6) is 0 Å². The van der Waals surface area contributed by atoms with Crippen molar-refractivity contribution in [2.24, 2.45) is 5.41 Å². The molecular formula is C15H27NO2. The molecule has 2 N–H and O–H groups in total. The molecular weight excluding hydrogens is 226 g/mol. The summed E-state index contributed by atoms with van der Waals surface area (Å²) < 4.78 is 0. The van der Waals surface area contributed by atoms with Crippen LogP contribution in [0.25, 0.3) is 0 Å². The minimum absolute atomic E-state index is 0.0999. The number of allylic oxidation sites excluding steroid dienone is 1. The van der Waals surface area contributed by atoms with Crippen molar-refractivity contribution in [2.45, 2.75) is 58.8 Å². The zero-order valence-electron chi connectivity index (χ0n) is 11.8. The molecule has 3 nitrogen and oxygen atoms in total. The second-order valence-electron chi connectivity index (χ2n) is 5.43. The third kappa shape index (κ3) is 4.45. The van der Waals surface area contributed by atoms with Crippen LogP contribution in [0.1, 0.15) is 58.8 Å². The highest BCUT2D eigenvalue weighted by Gasteiger charge is 2.25. The minimum atomic E-state index is -0.142. The fraction of sp³-hybridized carbons (Fsp3) is 0.800. The number of aliphatic hydroxyl groups is 1. The van der Waals surface area contributed by atoms with Crippen molar-refractivity contribution in [1.29, 1.82) is 0 Å². The van der Waals surface area contributed by atoms with E-state index in [1.54, 1.807) is 0 Å².